The smallest absolute Gasteiger partial charge is 0.225 e. The van der Waals surface area contributed by atoms with E-state index in [1.54, 1.807) is 0 Å². The molecule has 1 aliphatic heterocycles. The van der Waals surface area contributed by atoms with E-state index < -0.39 is 0 Å². The molecule has 0 aromatic rings. The number of nitrogens with one attached hydrogen (secondary N) is 1. The highest BCUT2D eigenvalue weighted by Crippen LogP contribution is 2.30. The Balaban J connectivity index is 1.70. The monoisotopic (exact) mass is 323 g/mol. The van der Waals surface area contributed by atoms with E-state index in [4.69, 9.17) is 0 Å². The molecule has 23 heavy (non-hydrogen) atoms. The Morgan fingerprint density at radius 1 is 1.00 bits per heavy atom. The quantitative estimate of drug-likeness (QED) is 0.838. The standard InChI is InChI=1S/C18H33N3O2/c1-14(2)8-9-19-17(22)15-4-6-16(7-5-15)18(23)21-12-10-20(3)11-13-21/h14-16H,4-13H2,1-3H3,(H,19,22). The summed E-state index contributed by atoms with van der Waals surface area (Å²) in [6, 6.07) is 0. The molecule has 2 fully saturated rings. The minimum Gasteiger partial charge on any atom is -0.356 e. The zero-order valence-electron chi connectivity index (χ0n) is 15.0. The molecule has 1 heterocycles. The van der Waals surface area contributed by atoms with Crippen LogP contribution in [0.5, 0.6) is 0 Å². The van der Waals surface area contributed by atoms with Gasteiger partial charge in [-0.3, -0.25) is 9.59 Å². The Hall–Kier alpha value is -1.10. The average Bonchev–Trinajstić information content (AvgIpc) is 2.54. The molecule has 5 nitrogen and oxygen atoms in total. The second-order valence-corrected chi connectivity index (χ2v) is 7.65. The lowest BCUT2D eigenvalue weighted by Crippen LogP contribution is -2.49. The van der Waals surface area contributed by atoms with Gasteiger partial charge in [0, 0.05) is 44.6 Å². The van der Waals surface area contributed by atoms with Crippen LogP contribution in [-0.2, 0) is 9.59 Å². The SMILES string of the molecule is CC(C)CCNC(=O)C1CCC(C(=O)N2CCN(C)CC2)CC1. The Morgan fingerprint density at radius 2 is 1.57 bits per heavy atom. The summed E-state index contributed by atoms with van der Waals surface area (Å²) in [5.41, 5.74) is 0. The highest BCUT2D eigenvalue weighted by molar-refractivity contribution is 5.81. The lowest BCUT2D eigenvalue weighted by atomic mass is 9.80. The van der Waals surface area contributed by atoms with Crippen LogP contribution in [0, 0.1) is 17.8 Å². The van der Waals surface area contributed by atoms with Crippen molar-refractivity contribution in [3.05, 3.63) is 0 Å². The van der Waals surface area contributed by atoms with Crippen molar-refractivity contribution in [1.29, 1.82) is 0 Å². The molecule has 0 unspecified atom stereocenters. The predicted octanol–water partition coefficient (Wildman–Crippen LogP) is 1.73. The zero-order valence-corrected chi connectivity index (χ0v) is 15.0. The van der Waals surface area contributed by atoms with E-state index in [-0.39, 0.29) is 17.7 Å². The van der Waals surface area contributed by atoms with Crippen LogP contribution in [0.4, 0.5) is 0 Å². The van der Waals surface area contributed by atoms with E-state index in [9.17, 15) is 9.59 Å². The van der Waals surface area contributed by atoms with Gasteiger partial charge in [-0.1, -0.05) is 13.8 Å². The van der Waals surface area contributed by atoms with Gasteiger partial charge in [0.05, 0.1) is 0 Å². The lowest BCUT2D eigenvalue weighted by Gasteiger charge is -2.36. The molecule has 1 N–H and O–H groups in total. The summed E-state index contributed by atoms with van der Waals surface area (Å²) in [4.78, 5) is 29.1. The van der Waals surface area contributed by atoms with Gasteiger partial charge in [0.15, 0.2) is 0 Å². The van der Waals surface area contributed by atoms with Gasteiger partial charge < -0.3 is 15.1 Å². The van der Waals surface area contributed by atoms with E-state index in [1.165, 1.54) is 0 Å². The Bertz CT molecular complexity index is 395. The fraction of sp³-hybridized carbons (Fsp3) is 0.889. The zero-order chi connectivity index (χ0) is 16.8. The third-order valence-electron chi connectivity index (χ3n) is 5.28. The highest BCUT2D eigenvalue weighted by atomic mass is 16.2. The summed E-state index contributed by atoms with van der Waals surface area (Å²) in [6.45, 7) is 8.76. The molecule has 0 aromatic heterocycles. The molecule has 1 aliphatic carbocycles. The van der Waals surface area contributed by atoms with Crippen molar-refractivity contribution in [2.75, 3.05) is 39.8 Å². The van der Waals surface area contributed by atoms with Crippen LogP contribution >= 0.6 is 0 Å². The second kappa shape index (κ2) is 8.67. The summed E-state index contributed by atoms with van der Waals surface area (Å²) in [7, 11) is 2.10. The minimum absolute atomic E-state index is 0.110. The summed E-state index contributed by atoms with van der Waals surface area (Å²) in [5.74, 6) is 1.37. The molecule has 1 saturated heterocycles. The molecule has 132 valence electrons. The second-order valence-electron chi connectivity index (χ2n) is 7.65. The van der Waals surface area contributed by atoms with Gasteiger partial charge in [0.1, 0.15) is 0 Å². The molecule has 1 saturated carbocycles. The number of likely N-dealkylation sites (N-methyl/N-ethyl adjacent to an activating group) is 1. The number of amides is 2. The molecule has 0 aromatic carbocycles. The van der Waals surface area contributed by atoms with Gasteiger partial charge in [-0.05, 0) is 45.1 Å². The van der Waals surface area contributed by atoms with Crippen LogP contribution in [0.3, 0.4) is 0 Å². The number of hydrogen-bond donors (Lipinski definition) is 1. The fourth-order valence-corrected chi connectivity index (χ4v) is 3.52. The van der Waals surface area contributed by atoms with Gasteiger partial charge >= 0.3 is 0 Å². The van der Waals surface area contributed by atoms with Crippen LogP contribution in [-0.4, -0.2) is 61.4 Å². The molecule has 2 amide bonds. The molecule has 0 atom stereocenters. The highest BCUT2D eigenvalue weighted by Gasteiger charge is 2.32. The van der Waals surface area contributed by atoms with E-state index in [0.717, 1.165) is 64.8 Å². The normalized spacial score (nSPS) is 26.3. The first-order valence-electron chi connectivity index (χ1n) is 9.22. The van der Waals surface area contributed by atoms with Crippen LogP contribution in [0.15, 0.2) is 0 Å². The van der Waals surface area contributed by atoms with Gasteiger partial charge in [-0.15, -0.1) is 0 Å². The van der Waals surface area contributed by atoms with Gasteiger partial charge in [0.2, 0.25) is 11.8 Å². The number of hydrogen-bond acceptors (Lipinski definition) is 3. The number of nitrogens with zero attached hydrogens (tertiary/aromatic N) is 2. The van der Waals surface area contributed by atoms with E-state index in [0.29, 0.717) is 11.8 Å². The van der Waals surface area contributed by atoms with Crippen LogP contribution in [0.1, 0.15) is 46.0 Å². The first-order chi connectivity index (χ1) is 11.0. The van der Waals surface area contributed by atoms with Gasteiger partial charge in [-0.2, -0.15) is 0 Å². The lowest BCUT2D eigenvalue weighted by molar-refractivity contribution is -0.139. The maximum Gasteiger partial charge on any atom is 0.225 e. The van der Waals surface area contributed by atoms with E-state index in [1.807, 2.05) is 4.90 Å². The van der Waals surface area contributed by atoms with Gasteiger partial charge in [-0.25, -0.2) is 0 Å². The molecule has 0 spiro atoms. The van der Waals surface area contributed by atoms with Crippen LogP contribution in [0.25, 0.3) is 0 Å². The third-order valence-corrected chi connectivity index (χ3v) is 5.28. The van der Waals surface area contributed by atoms with Gasteiger partial charge in [0.25, 0.3) is 0 Å². The molecule has 2 aliphatic rings. The van der Waals surface area contributed by atoms with Crippen molar-refractivity contribution in [2.45, 2.75) is 46.0 Å². The summed E-state index contributed by atoms with van der Waals surface area (Å²) >= 11 is 0. The van der Waals surface area contributed by atoms with Crippen molar-refractivity contribution in [3.8, 4) is 0 Å². The first-order valence-corrected chi connectivity index (χ1v) is 9.22. The minimum atomic E-state index is 0.110. The Labute approximate surface area is 140 Å². The van der Waals surface area contributed by atoms with Crippen molar-refractivity contribution in [1.82, 2.24) is 15.1 Å². The van der Waals surface area contributed by atoms with E-state index >= 15 is 0 Å². The van der Waals surface area contributed by atoms with Crippen molar-refractivity contribution >= 4 is 11.8 Å². The molecule has 0 radical (unpaired) electrons. The topological polar surface area (TPSA) is 52.7 Å². The fourth-order valence-electron chi connectivity index (χ4n) is 3.52. The number of rotatable bonds is 5. The first kappa shape index (κ1) is 18.2. The maximum absolute atomic E-state index is 12.6. The largest absolute Gasteiger partial charge is 0.356 e. The molecular formula is C18H33N3O2. The maximum atomic E-state index is 12.6. The van der Waals surface area contributed by atoms with Crippen molar-refractivity contribution in [2.24, 2.45) is 17.8 Å². The molecule has 2 rings (SSSR count). The molecule has 0 bridgehead atoms. The Morgan fingerprint density at radius 3 is 2.13 bits per heavy atom. The Kier molecular flexibility index (Phi) is 6.88. The van der Waals surface area contributed by atoms with Crippen molar-refractivity contribution in [3.63, 3.8) is 0 Å². The number of carbonyl (C=O) groups is 2. The molecular weight excluding hydrogens is 290 g/mol. The third kappa shape index (κ3) is 5.48. The number of piperazine rings is 1. The molecule has 5 heteroatoms. The predicted molar refractivity (Wildman–Crippen MR) is 92.0 cm³/mol. The van der Waals surface area contributed by atoms with Crippen molar-refractivity contribution < 1.29 is 9.59 Å². The van der Waals surface area contributed by atoms with Crippen LogP contribution < -0.4 is 5.32 Å². The number of carbonyl (C=O) groups excluding carboxylic acids is 2. The summed E-state index contributed by atoms with van der Waals surface area (Å²) < 4.78 is 0. The average molecular weight is 323 g/mol. The van der Waals surface area contributed by atoms with E-state index in [2.05, 4.69) is 31.1 Å². The van der Waals surface area contributed by atoms with Crippen LogP contribution in [0.2, 0.25) is 0 Å². The summed E-state index contributed by atoms with van der Waals surface area (Å²) in [6.07, 6.45) is 4.49. The summed E-state index contributed by atoms with van der Waals surface area (Å²) in [5, 5.41) is 3.06.